The molecule has 0 saturated carbocycles. The summed E-state index contributed by atoms with van der Waals surface area (Å²) in [6.07, 6.45) is -0.939. The Hall–Kier alpha value is -1.71. The molecule has 0 radical (unpaired) electrons. The van der Waals surface area contributed by atoms with Crippen molar-refractivity contribution in [1.29, 1.82) is 5.26 Å². The fourth-order valence-corrected chi connectivity index (χ4v) is 2.72. The topological polar surface area (TPSA) is 56.0 Å². The van der Waals surface area contributed by atoms with Gasteiger partial charge in [-0.3, -0.25) is 5.32 Å². The summed E-state index contributed by atoms with van der Waals surface area (Å²) in [4.78, 5) is 0. The van der Waals surface area contributed by atoms with E-state index in [2.05, 4.69) is 5.32 Å². The zero-order valence-electron chi connectivity index (χ0n) is 11.8. The first-order valence-corrected chi connectivity index (χ1v) is 7.39. The van der Waals surface area contributed by atoms with Gasteiger partial charge in [-0.1, -0.05) is 23.2 Å². The van der Waals surface area contributed by atoms with Crippen LogP contribution in [0.15, 0.2) is 30.3 Å². The maximum absolute atomic E-state index is 13.1. The molecule has 1 unspecified atom stereocenters. The molecule has 23 heavy (non-hydrogen) atoms. The molecule has 0 aliphatic rings. The van der Waals surface area contributed by atoms with E-state index in [0.29, 0.717) is 16.7 Å². The lowest BCUT2D eigenvalue weighted by molar-refractivity contribution is 0.135. The van der Waals surface area contributed by atoms with Crippen LogP contribution < -0.4 is 5.32 Å². The van der Waals surface area contributed by atoms with Crippen molar-refractivity contribution in [1.82, 2.24) is 5.32 Å². The van der Waals surface area contributed by atoms with Gasteiger partial charge in [0.25, 0.3) is 0 Å². The second-order valence-electron chi connectivity index (χ2n) is 4.91. The number of hydrogen-bond acceptors (Lipinski definition) is 3. The molecule has 3 nitrogen and oxygen atoms in total. The maximum atomic E-state index is 13.1. The molecule has 2 aromatic carbocycles. The summed E-state index contributed by atoms with van der Waals surface area (Å²) in [5.74, 6) is -1.37. The average molecular weight is 357 g/mol. The quantitative estimate of drug-likeness (QED) is 0.801. The number of nitrogens with zero attached hydrogens (tertiary/aromatic N) is 1. The average Bonchev–Trinajstić information content (AvgIpc) is 2.47. The lowest BCUT2D eigenvalue weighted by Crippen LogP contribution is -2.30. The van der Waals surface area contributed by atoms with Crippen LogP contribution in [0.1, 0.15) is 16.7 Å². The third kappa shape index (κ3) is 4.88. The molecule has 0 aromatic heterocycles. The summed E-state index contributed by atoms with van der Waals surface area (Å²) in [5, 5.41) is 22.1. The lowest BCUT2D eigenvalue weighted by atomic mass is 10.1. The van der Waals surface area contributed by atoms with E-state index in [9.17, 15) is 13.9 Å². The van der Waals surface area contributed by atoms with Crippen molar-refractivity contribution in [2.24, 2.45) is 0 Å². The fourth-order valence-electron chi connectivity index (χ4n) is 2.08. The predicted octanol–water partition coefficient (Wildman–Crippen LogP) is 3.79. The van der Waals surface area contributed by atoms with Gasteiger partial charge in [0.2, 0.25) is 0 Å². The standard InChI is InChI=1S/C16H12Cl2F2N2O/c17-14-3-9(7-21)4-15(18)13(14)6-16(23)22-8-10-1-11(19)5-12(20)2-10/h1-5,16,22-23H,6,8H2. The number of aliphatic hydroxyl groups is 1. The Bertz CT molecular complexity index is 719. The van der Waals surface area contributed by atoms with Gasteiger partial charge in [0.05, 0.1) is 11.6 Å². The zero-order valence-corrected chi connectivity index (χ0v) is 13.3. The summed E-state index contributed by atoms with van der Waals surface area (Å²) >= 11 is 12.1. The third-order valence-electron chi connectivity index (χ3n) is 3.13. The maximum Gasteiger partial charge on any atom is 0.126 e. The number of halogens is 4. The van der Waals surface area contributed by atoms with Crippen molar-refractivity contribution in [2.45, 2.75) is 19.2 Å². The van der Waals surface area contributed by atoms with E-state index in [0.717, 1.165) is 6.07 Å². The molecule has 2 aromatic rings. The van der Waals surface area contributed by atoms with Crippen molar-refractivity contribution >= 4 is 23.2 Å². The largest absolute Gasteiger partial charge is 0.378 e. The van der Waals surface area contributed by atoms with Crippen molar-refractivity contribution < 1.29 is 13.9 Å². The van der Waals surface area contributed by atoms with E-state index in [1.54, 1.807) is 0 Å². The van der Waals surface area contributed by atoms with Gasteiger partial charge >= 0.3 is 0 Å². The second kappa shape index (κ2) is 7.71. The van der Waals surface area contributed by atoms with Gasteiger partial charge in [0.1, 0.15) is 17.9 Å². The Morgan fingerprint density at radius 1 is 1.09 bits per heavy atom. The number of nitriles is 1. The van der Waals surface area contributed by atoms with Crippen molar-refractivity contribution in [2.75, 3.05) is 0 Å². The van der Waals surface area contributed by atoms with Crippen LogP contribution in [-0.2, 0) is 13.0 Å². The Morgan fingerprint density at radius 3 is 2.17 bits per heavy atom. The van der Waals surface area contributed by atoms with Crippen LogP contribution in [-0.4, -0.2) is 11.3 Å². The second-order valence-corrected chi connectivity index (χ2v) is 5.72. The van der Waals surface area contributed by atoms with Crippen molar-refractivity contribution in [3.8, 4) is 6.07 Å². The van der Waals surface area contributed by atoms with Crippen LogP contribution in [0.4, 0.5) is 8.78 Å². The van der Waals surface area contributed by atoms with Gasteiger partial charge in [-0.25, -0.2) is 8.78 Å². The molecule has 7 heteroatoms. The molecule has 0 aliphatic carbocycles. The number of rotatable bonds is 5. The number of benzene rings is 2. The number of nitrogens with one attached hydrogen (secondary N) is 1. The van der Waals surface area contributed by atoms with E-state index < -0.39 is 17.9 Å². The molecule has 120 valence electrons. The first-order valence-electron chi connectivity index (χ1n) is 6.63. The highest BCUT2D eigenvalue weighted by Crippen LogP contribution is 2.27. The highest BCUT2D eigenvalue weighted by Gasteiger charge is 2.13. The molecular formula is C16H12Cl2F2N2O. The highest BCUT2D eigenvalue weighted by atomic mass is 35.5. The SMILES string of the molecule is N#Cc1cc(Cl)c(CC(O)NCc2cc(F)cc(F)c2)c(Cl)c1. The summed E-state index contributed by atoms with van der Waals surface area (Å²) in [5.41, 5.74) is 1.16. The molecule has 1 atom stereocenters. The van der Waals surface area contributed by atoms with E-state index in [1.165, 1.54) is 24.3 Å². The molecule has 0 fully saturated rings. The molecular weight excluding hydrogens is 345 g/mol. The van der Waals surface area contributed by atoms with Gasteiger partial charge in [-0.15, -0.1) is 0 Å². The van der Waals surface area contributed by atoms with E-state index >= 15 is 0 Å². The van der Waals surface area contributed by atoms with E-state index in [1.807, 2.05) is 6.07 Å². The molecule has 2 N–H and O–H groups in total. The van der Waals surface area contributed by atoms with Crippen LogP contribution in [0.5, 0.6) is 0 Å². The van der Waals surface area contributed by atoms with Crippen LogP contribution in [0.2, 0.25) is 10.0 Å². The molecule has 2 rings (SSSR count). The van der Waals surface area contributed by atoms with Crippen molar-refractivity contribution in [3.63, 3.8) is 0 Å². The summed E-state index contributed by atoms with van der Waals surface area (Å²) in [6.45, 7) is 0.0708. The molecule has 0 amide bonds. The highest BCUT2D eigenvalue weighted by molar-refractivity contribution is 6.36. The third-order valence-corrected chi connectivity index (χ3v) is 3.81. The predicted molar refractivity (Wildman–Crippen MR) is 84.1 cm³/mol. The zero-order chi connectivity index (χ0) is 17.0. The van der Waals surface area contributed by atoms with Crippen LogP contribution in [0.25, 0.3) is 0 Å². The summed E-state index contributed by atoms with van der Waals surface area (Å²) < 4.78 is 26.2. The van der Waals surface area contributed by atoms with Crippen LogP contribution >= 0.6 is 23.2 Å². The lowest BCUT2D eigenvalue weighted by Gasteiger charge is -2.15. The van der Waals surface area contributed by atoms with Crippen molar-refractivity contribution in [3.05, 3.63) is 68.7 Å². The molecule has 0 bridgehead atoms. The fraction of sp³-hybridized carbons (Fsp3) is 0.188. The van der Waals surface area contributed by atoms with Gasteiger partial charge in [0.15, 0.2) is 0 Å². The molecule has 0 saturated heterocycles. The number of aliphatic hydroxyl groups excluding tert-OH is 1. The molecule has 0 heterocycles. The van der Waals surface area contributed by atoms with Gasteiger partial charge in [-0.05, 0) is 35.4 Å². The summed E-state index contributed by atoms with van der Waals surface area (Å²) in [7, 11) is 0. The smallest absolute Gasteiger partial charge is 0.126 e. The van der Waals surface area contributed by atoms with E-state index in [-0.39, 0.29) is 23.0 Å². The molecule has 0 spiro atoms. The van der Waals surface area contributed by atoms with Gasteiger partial charge in [0, 0.05) is 29.1 Å². The van der Waals surface area contributed by atoms with E-state index in [4.69, 9.17) is 28.5 Å². The van der Waals surface area contributed by atoms with Gasteiger partial charge in [-0.2, -0.15) is 5.26 Å². The Balaban J connectivity index is 2.03. The number of hydrogen-bond donors (Lipinski definition) is 2. The monoisotopic (exact) mass is 356 g/mol. The first-order chi connectivity index (χ1) is 10.9. The van der Waals surface area contributed by atoms with Gasteiger partial charge < -0.3 is 5.11 Å². The van der Waals surface area contributed by atoms with Crippen LogP contribution in [0.3, 0.4) is 0 Å². The Kier molecular flexibility index (Phi) is 5.91. The Labute approximate surface area is 142 Å². The minimum atomic E-state index is -1.02. The van der Waals surface area contributed by atoms with Crippen LogP contribution in [0, 0.1) is 23.0 Å². The Morgan fingerprint density at radius 2 is 1.65 bits per heavy atom. The summed E-state index contributed by atoms with van der Waals surface area (Å²) in [6, 6.07) is 7.96. The normalized spacial score (nSPS) is 12.0. The minimum Gasteiger partial charge on any atom is -0.378 e. The first kappa shape index (κ1) is 17.6. The molecule has 0 aliphatic heterocycles. The minimum absolute atomic E-state index is 0.0708.